The maximum atomic E-state index is 12.8. The molecule has 0 radical (unpaired) electrons. The van der Waals surface area contributed by atoms with Crippen molar-refractivity contribution in [1.29, 1.82) is 0 Å². The first-order valence-electron chi connectivity index (χ1n) is 8.11. The predicted molar refractivity (Wildman–Crippen MR) is 90.6 cm³/mol. The summed E-state index contributed by atoms with van der Waals surface area (Å²) < 4.78 is 29.1. The Morgan fingerprint density at radius 3 is 2.76 bits per heavy atom. The zero-order valence-electron chi connectivity index (χ0n) is 14.0. The van der Waals surface area contributed by atoms with Crippen LogP contribution >= 0.6 is 0 Å². The number of carbonyl (C=O) groups is 1. The van der Waals surface area contributed by atoms with E-state index in [0.717, 1.165) is 17.1 Å². The van der Waals surface area contributed by atoms with E-state index in [2.05, 4.69) is 5.32 Å². The van der Waals surface area contributed by atoms with Crippen molar-refractivity contribution in [3.05, 3.63) is 53.8 Å². The van der Waals surface area contributed by atoms with Crippen LogP contribution in [0, 0.1) is 11.7 Å². The molecule has 3 rings (SSSR count). The van der Waals surface area contributed by atoms with Crippen LogP contribution in [0.25, 0.3) is 0 Å². The third-order valence-corrected chi connectivity index (χ3v) is 4.04. The average Bonchev–Trinajstić information content (AvgIpc) is 2.65. The van der Waals surface area contributed by atoms with Gasteiger partial charge < -0.3 is 19.5 Å². The number of hydrogen-bond donors (Lipinski definition) is 1. The first kappa shape index (κ1) is 17.1. The van der Waals surface area contributed by atoms with Crippen molar-refractivity contribution in [3.8, 4) is 17.2 Å². The highest BCUT2D eigenvalue weighted by Gasteiger charge is 2.26. The molecule has 0 bridgehead atoms. The summed E-state index contributed by atoms with van der Waals surface area (Å²) in [4.78, 5) is 12.3. The van der Waals surface area contributed by atoms with E-state index in [1.807, 2.05) is 18.2 Å². The van der Waals surface area contributed by atoms with Gasteiger partial charge in [0.05, 0.1) is 19.6 Å². The Morgan fingerprint density at radius 2 is 2.00 bits per heavy atom. The monoisotopic (exact) mass is 345 g/mol. The van der Waals surface area contributed by atoms with E-state index in [-0.39, 0.29) is 17.6 Å². The van der Waals surface area contributed by atoms with Crippen molar-refractivity contribution in [2.45, 2.75) is 6.42 Å². The Bertz CT molecular complexity index is 733. The highest BCUT2D eigenvalue weighted by atomic mass is 19.1. The van der Waals surface area contributed by atoms with Gasteiger partial charge in [0.25, 0.3) is 0 Å². The maximum absolute atomic E-state index is 12.8. The summed E-state index contributed by atoms with van der Waals surface area (Å²) in [6.07, 6.45) is 0.629. The lowest BCUT2D eigenvalue weighted by Crippen LogP contribution is -2.39. The number of ether oxygens (including phenoxy) is 3. The minimum absolute atomic E-state index is 0.0656. The number of fused-ring (bicyclic) bond motifs is 1. The van der Waals surface area contributed by atoms with Crippen molar-refractivity contribution in [2.75, 3.05) is 26.9 Å². The SMILES string of the molecule is COc1ccc2c(c1)OC[C@@H](C(=O)NCCOc1ccc(F)cc1)C2. The number of methoxy groups -OCH3 is 1. The van der Waals surface area contributed by atoms with Crippen molar-refractivity contribution >= 4 is 5.91 Å². The lowest BCUT2D eigenvalue weighted by atomic mass is 9.96. The number of hydrogen-bond acceptors (Lipinski definition) is 4. The van der Waals surface area contributed by atoms with E-state index in [0.29, 0.717) is 31.9 Å². The Hall–Kier alpha value is -2.76. The van der Waals surface area contributed by atoms with E-state index >= 15 is 0 Å². The zero-order chi connectivity index (χ0) is 17.6. The van der Waals surface area contributed by atoms with Crippen LogP contribution in [0.15, 0.2) is 42.5 Å². The topological polar surface area (TPSA) is 56.8 Å². The molecule has 0 saturated heterocycles. The molecule has 6 heteroatoms. The maximum Gasteiger partial charge on any atom is 0.227 e. The fourth-order valence-electron chi connectivity index (χ4n) is 2.67. The van der Waals surface area contributed by atoms with Crippen molar-refractivity contribution in [3.63, 3.8) is 0 Å². The molecule has 0 spiro atoms. The second kappa shape index (κ2) is 7.88. The second-order valence-corrected chi connectivity index (χ2v) is 5.78. The summed E-state index contributed by atoms with van der Waals surface area (Å²) >= 11 is 0. The molecule has 1 atom stereocenters. The van der Waals surface area contributed by atoms with Crippen LogP contribution < -0.4 is 19.5 Å². The van der Waals surface area contributed by atoms with Crippen molar-refractivity contribution < 1.29 is 23.4 Å². The Kier molecular flexibility index (Phi) is 5.38. The summed E-state index contributed by atoms with van der Waals surface area (Å²) in [5.41, 5.74) is 0.995. The molecule has 25 heavy (non-hydrogen) atoms. The highest BCUT2D eigenvalue weighted by molar-refractivity contribution is 5.79. The molecule has 0 aliphatic carbocycles. The van der Waals surface area contributed by atoms with Gasteiger partial charge in [0.1, 0.15) is 36.3 Å². The van der Waals surface area contributed by atoms with Gasteiger partial charge in [0.15, 0.2) is 0 Å². The van der Waals surface area contributed by atoms with Crippen molar-refractivity contribution in [2.24, 2.45) is 5.92 Å². The first-order valence-corrected chi connectivity index (χ1v) is 8.11. The number of carbonyl (C=O) groups excluding carboxylic acids is 1. The number of amides is 1. The molecule has 0 fully saturated rings. The lowest BCUT2D eigenvalue weighted by Gasteiger charge is -2.25. The molecule has 5 nitrogen and oxygen atoms in total. The van der Waals surface area contributed by atoms with Crippen LogP contribution in [0.5, 0.6) is 17.2 Å². The third-order valence-electron chi connectivity index (χ3n) is 4.04. The minimum Gasteiger partial charge on any atom is -0.497 e. The summed E-state index contributed by atoms with van der Waals surface area (Å²) in [6.45, 7) is 1.03. The fourth-order valence-corrected chi connectivity index (χ4v) is 2.67. The number of halogens is 1. The molecule has 1 N–H and O–H groups in total. The molecule has 0 aromatic heterocycles. The molecular formula is C19H20FNO4. The molecule has 0 saturated carbocycles. The standard InChI is InChI=1S/C19H20FNO4/c1-23-17-5-2-13-10-14(12-25-18(13)11-17)19(22)21-8-9-24-16-6-3-15(20)4-7-16/h2-7,11,14H,8-10,12H2,1H3,(H,21,22)/t14-/m0/s1. The Balaban J connectivity index is 1.45. The fraction of sp³-hybridized carbons (Fsp3) is 0.316. The number of rotatable bonds is 6. The van der Waals surface area contributed by atoms with Crippen LogP contribution in [0.1, 0.15) is 5.56 Å². The van der Waals surface area contributed by atoms with Gasteiger partial charge in [-0.1, -0.05) is 6.07 Å². The van der Waals surface area contributed by atoms with E-state index in [9.17, 15) is 9.18 Å². The van der Waals surface area contributed by atoms with E-state index in [1.54, 1.807) is 19.2 Å². The third kappa shape index (κ3) is 4.41. The van der Waals surface area contributed by atoms with Gasteiger partial charge in [-0.25, -0.2) is 4.39 Å². The molecule has 2 aromatic carbocycles. The second-order valence-electron chi connectivity index (χ2n) is 5.78. The molecule has 132 valence electrons. The first-order chi connectivity index (χ1) is 12.2. The molecule has 1 amide bonds. The largest absolute Gasteiger partial charge is 0.497 e. The Labute approximate surface area is 145 Å². The van der Waals surface area contributed by atoms with E-state index < -0.39 is 0 Å². The lowest BCUT2D eigenvalue weighted by molar-refractivity contribution is -0.126. The number of nitrogens with one attached hydrogen (secondary N) is 1. The average molecular weight is 345 g/mol. The van der Waals surface area contributed by atoms with Gasteiger partial charge in [-0.3, -0.25) is 4.79 Å². The van der Waals surface area contributed by atoms with Gasteiger partial charge in [0, 0.05) is 6.07 Å². The van der Waals surface area contributed by atoms with Gasteiger partial charge in [0.2, 0.25) is 5.91 Å². The quantitative estimate of drug-likeness (QED) is 0.818. The molecule has 1 aliphatic rings. The summed E-state index contributed by atoms with van der Waals surface area (Å²) in [5.74, 6) is 1.47. The predicted octanol–water partition coefficient (Wildman–Crippen LogP) is 2.58. The molecule has 0 unspecified atom stereocenters. The minimum atomic E-state index is -0.309. The summed E-state index contributed by atoms with van der Waals surface area (Å²) in [7, 11) is 1.61. The summed E-state index contributed by atoms with van der Waals surface area (Å²) in [5, 5.41) is 2.84. The van der Waals surface area contributed by atoms with E-state index in [1.165, 1.54) is 12.1 Å². The van der Waals surface area contributed by atoms with Crippen LogP contribution in [-0.4, -0.2) is 32.8 Å². The molecular weight excluding hydrogens is 325 g/mol. The molecule has 1 aliphatic heterocycles. The zero-order valence-corrected chi connectivity index (χ0v) is 14.0. The van der Waals surface area contributed by atoms with Crippen LogP contribution in [0.4, 0.5) is 4.39 Å². The normalized spacial score (nSPS) is 15.7. The molecule has 1 heterocycles. The smallest absolute Gasteiger partial charge is 0.227 e. The van der Waals surface area contributed by atoms with Gasteiger partial charge in [-0.2, -0.15) is 0 Å². The number of benzene rings is 2. The van der Waals surface area contributed by atoms with Crippen LogP contribution in [0.2, 0.25) is 0 Å². The Morgan fingerprint density at radius 1 is 1.24 bits per heavy atom. The van der Waals surface area contributed by atoms with Gasteiger partial charge in [-0.05, 0) is 42.3 Å². The molecule has 2 aromatic rings. The van der Waals surface area contributed by atoms with Crippen LogP contribution in [-0.2, 0) is 11.2 Å². The van der Waals surface area contributed by atoms with Crippen LogP contribution in [0.3, 0.4) is 0 Å². The van der Waals surface area contributed by atoms with E-state index in [4.69, 9.17) is 14.2 Å². The van der Waals surface area contributed by atoms with Gasteiger partial charge in [-0.15, -0.1) is 0 Å². The highest BCUT2D eigenvalue weighted by Crippen LogP contribution is 2.31. The van der Waals surface area contributed by atoms with Crippen molar-refractivity contribution in [1.82, 2.24) is 5.32 Å². The summed E-state index contributed by atoms with van der Waals surface area (Å²) in [6, 6.07) is 11.4. The van der Waals surface area contributed by atoms with Gasteiger partial charge >= 0.3 is 0 Å².